The van der Waals surface area contributed by atoms with Gasteiger partial charge < -0.3 is 5.73 Å². The summed E-state index contributed by atoms with van der Waals surface area (Å²) in [7, 11) is -3.92. The van der Waals surface area contributed by atoms with Gasteiger partial charge in [0, 0.05) is 16.5 Å². The molecule has 0 spiro atoms. The van der Waals surface area contributed by atoms with E-state index in [2.05, 4.69) is 4.72 Å². The summed E-state index contributed by atoms with van der Waals surface area (Å²) in [4.78, 5) is 52.0. The average Bonchev–Trinajstić information content (AvgIpc) is 3.54. The maximum Gasteiger partial charge on any atom is 0.266 e. The predicted octanol–water partition coefficient (Wildman–Crippen LogP) is 6.82. The van der Waals surface area contributed by atoms with Gasteiger partial charge in [0.2, 0.25) is 0 Å². The highest BCUT2D eigenvalue weighted by Gasteiger charge is 2.37. The molecular weight excluding hydrogens is 653 g/mol. The van der Waals surface area contributed by atoms with Crippen LogP contribution in [0, 0.1) is 6.92 Å². The molecule has 246 valence electrons. The third-order valence-electron chi connectivity index (χ3n) is 8.49. The lowest BCUT2D eigenvalue weighted by atomic mass is 10.1. The van der Waals surface area contributed by atoms with Crippen LogP contribution in [0.1, 0.15) is 47.0 Å². The summed E-state index contributed by atoms with van der Waals surface area (Å²) >= 11 is 0. The second-order valence-electron chi connectivity index (χ2n) is 11.7. The number of hydrogen-bond acceptors (Lipinski definition) is 7. The zero-order valence-electron chi connectivity index (χ0n) is 26.5. The van der Waals surface area contributed by atoms with E-state index >= 15 is 0 Å². The maximum absolute atomic E-state index is 13.0. The molecule has 2 aliphatic rings. The van der Waals surface area contributed by atoms with Gasteiger partial charge in [-0.15, -0.1) is 0 Å². The summed E-state index contributed by atoms with van der Waals surface area (Å²) in [5.41, 5.74) is 10.6. The molecule has 0 aromatic heterocycles. The second-order valence-corrected chi connectivity index (χ2v) is 13.3. The van der Waals surface area contributed by atoms with Gasteiger partial charge in [-0.2, -0.15) is 0 Å². The number of carbonyl (C=O) groups is 4. The second kappa shape index (κ2) is 12.5. The Kier molecular flexibility index (Phi) is 7.97. The first-order chi connectivity index (χ1) is 24.0. The number of aryl methyl sites for hydroxylation is 1. The molecule has 0 fully saturated rings. The van der Waals surface area contributed by atoms with E-state index in [0.717, 1.165) is 15.8 Å². The maximum atomic E-state index is 13.0. The SMILES string of the molecule is Cc1ccc(N2C(=O)c3ccccc3C2=O)cc1.Nc1ccc(NS(=O)(=O)c2ccc(N3C(=O)c4ccccc4C3=O)cc2)c2ccccc12. The van der Waals surface area contributed by atoms with E-state index in [9.17, 15) is 27.6 Å². The lowest BCUT2D eigenvalue weighted by molar-refractivity contribution is 0.0910. The Balaban J connectivity index is 0.000000184. The Hall–Kier alpha value is -6.59. The number of carbonyl (C=O) groups excluding carboxylic acids is 4. The van der Waals surface area contributed by atoms with Crippen molar-refractivity contribution in [1.82, 2.24) is 0 Å². The van der Waals surface area contributed by atoms with Gasteiger partial charge in [0.15, 0.2) is 0 Å². The summed E-state index contributed by atoms with van der Waals surface area (Å²) < 4.78 is 28.6. The fourth-order valence-corrected chi connectivity index (χ4v) is 7.01. The first kappa shape index (κ1) is 32.0. The van der Waals surface area contributed by atoms with E-state index in [1.165, 1.54) is 29.2 Å². The van der Waals surface area contributed by atoms with Crippen LogP contribution in [0.3, 0.4) is 0 Å². The molecule has 11 heteroatoms. The largest absolute Gasteiger partial charge is 0.398 e. The van der Waals surface area contributed by atoms with Crippen molar-refractivity contribution in [3.8, 4) is 0 Å². The number of benzene rings is 6. The Morgan fingerprint density at radius 1 is 0.500 bits per heavy atom. The zero-order valence-corrected chi connectivity index (χ0v) is 27.3. The highest BCUT2D eigenvalue weighted by atomic mass is 32.2. The van der Waals surface area contributed by atoms with Crippen LogP contribution in [-0.2, 0) is 10.0 Å². The van der Waals surface area contributed by atoms with Gasteiger partial charge in [-0.25, -0.2) is 18.2 Å². The van der Waals surface area contributed by atoms with Crippen LogP contribution in [0.4, 0.5) is 22.7 Å². The monoisotopic (exact) mass is 680 g/mol. The van der Waals surface area contributed by atoms with E-state index in [1.807, 2.05) is 31.2 Å². The van der Waals surface area contributed by atoms with Crippen LogP contribution in [0.25, 0.3) is 10.8 Å². The van der Waals surface area contributed by atoms with E-state index in [4.69, 9.17) is 5.73 Å². The molecule has 6 aromatic carbocycles. The molecule has 0 saturated heterocycles. The zero-order chi connectivity index (χ0) is 35.2. The fraction of sp³-hybridized carbons (Fsp3) is 0.0256. The van der Waals surface area contributed by atoms with Crippen LogP contribution in [0.15, 0.2) is 138 Å². The van der Waals surface area contributed by atoms with Gasteiger partial charge in [0.25, 0.3) is 33.7 Å². The number of amides is 4. The molecule has 50 heavy (non-hydrogen) atoms. The highest BCUT2D eigenvalue weighted by molar-refractivity contribution is 7.92. The fourth-order valence-electron chi connectivity index (χ4n) is 5.93. The van der Waals surface area contributed by atoms with Crippen LogP contribution >= 0.6 is 0 Å². The van der Waals surface area contributed by atoms with Crippen LogP contribution in [0.5, 0.6) is 0 Å². The molecule has 0 radical (unpaired) electrons. The average molecular weight is 681 g/mol. The molecule has 2 heterocycles. The standard InChI is InChI=1S/C24H17N3O4S.C15H11NO2/c25-21-13-14-22(18-6-2-1-5-17(18)21)26-32(30,31)16-11-9-15(10-12-16)27-23(28)19-7-3-4-8-20(19)24(27)29;1-10-6-8-11(9-7-10)16-14(17)12-4-2-3-5-13(12)15(16)18/h1-14,26H,25H2;2-9H,1H3. The molecule has 3 N–H and O–H groups in total. The van der Waals surface area contributed by atoms with Crippen molar-refractivity contribution >= 4 is 67.2 Å². The van der Waals surface area contributed by atoms with Crippen molar-refractivity contribution in [2.24, 2.45) is 0 Å². The van der Waals surface area contributed by atoms with Gasteiger partial charge in [0.05, 0.1) is 44.2 Å². The minimum Gasteiger partial charge on any atom is -0.398 e. The van der Waals surface area contributed by atoms with Crippen LogP contribution < -0.4 is 20.3 Å². The van der Waals surface area contributed by atoms with Crippen molar-refractivity contribution in [2.75, 3.05) is 20.3 Å². The van der Waals surface area contributed by atoms with Gasteiger partial charge in [-0.05, 0) is 79.7 Å². The molecule has 0 atom stereocenters. The molecule has 4 amide bonds. The molecule has 10 nitrogen and oxygen atoms in total. The third-order valence-corrected chi connectivity index (χ3v) is 9.87. The summed E-state index contributed by atoms with van der Waals surface area (Å²) in [6.07, 6.45) is 0. The Morgan fingerprint density at radius 2 is 0.900 bits per heavy atom. The Bertz CT molecular complexity index is 2410. The number of hydrogen-bond donors (Lipinski definition) is 2. The van der Waals surface area contributed by atoms with Crippen molar-refractivity contribution < 1.29 is 27.6 Å². The summed E-state index contributed by atoms with van der Waals surface area (Å²) in [5.74, 6) is -1.38. The molecule has 0 bridgehead atoms. The topological polar surface area (TPSA) is 147 Å². The van der Waals surface area contributed by atoms with Crippen molar-refractivity contribution in [2.45, 2.75) is 11.8 Å². The lowest BCUT2D eigenvalue weighted by Crippen LogP contribution is -2.29. The minimum absolute atomic E-state index is 0.00114. The molecule has 0 aliphatic carbocycles. The van der Waals surface area contributed by atoms with E-state index in [-0.39, 0.29) is 16.7 Å². The number of nitrogens with zero attached hydrogens (tertiary/aromatic N) is 2. The first-order valence-corrected chi connectivity index (χ1v) is 17.0. The molecule has 0 unspecified atom stereocenters. The predicted molar refractivity (Wildman–Crippen MR) is 192 cm³/mol. The van der Waals surface area contributed by atoms with E-state index in [0.29, 0.717) is 50.4 Å². The Morgan fingerprint density at radius 3 is 1.36 bits per heavy atom. The lowest BCUT2D eigenvalue weighted by Gasteiger charge is -2.15. The number of anilines is 4. The van der Waals surface area contributed by atoms with Gasteiger partial charge in [-0.1, -0.05) is 66.2 Å². The summed E-state index contributed by atoms with van der Waals surface area (Å²) in [5, 5.41) is 1.42. The van der Waals surface area contributed by atoms with Crippen molar-refractivity contribution in [1.29, 1.82) is 0 Å². The summed E-state index contributed by atoms with van der Waals surface area (Å²) in [6.45, 7) is 1.96. The van der Waals surface area contributed by atoms with E-state index < -0.39 is 21.8 Å². The molecular formula is C39H28N4O6S. The normalized spacial score (nSPS) is 13.6. The molecule has 0 saturated carbocycles. The molecule has 2 aliphatic heterocycles. The van der Waals surface area contributed by atoms with E-state index in [1.54, 1.807) is 84.9 Å². The van der Waals surface area contributed by atoms with Crippen LogP contribution in [0.2, 0.25) is 0 Å². The van der Waals surface area contributed by atoms with Gasteiger partial charge in [-0.3, -0.25) is 23.9 Å². The molecule has 8 rings (SSSR count). The number of nitrogen functional groups attached to an aromatic ring is 1. The number of imide groups is 2. The first-order valence-electron chi connectivity index (χ1n) is 15.5. The number of nitrogens with one attached hydrogen (secondary N) is 1. The van der Waals surface area contributed by atoms with Crippen LogP contribution in [-0.4, -0.2) is 32.0 Å². The highest BCUT2D eigenvalue weighted by Crippen LogP contribution is 2.32. The van der Waals surface area contributed by atoms with Crippen molar-refractivity contribution in [3.63, 3.8) is 0 Å². The minimum atomic E-state index is -3.92. The Labute approximate surface area is 287 Å². The third kappa shape index (κ3) is 5.55. The number of sulfonamides is 1. The number of fused-ring (bicyclic) bond motifs is 3. The van der Waals surface area contributed by atoms with Crippen molar-refractivity contribution in [3.05, 3.63) is 161 Å². The summed E-state index contributed by atoms with van der Waals surface area (Å²) in [6, 6.07) is 36.9. The van der Waals surface area contributed by atoms with Gasteiger partial charge in [0.1, 0.15) is 0 Å². The number of nitrogens with two attached hydrogens (primary N) is 1. The van der Waals surface area contributed by atoms with Gasteiger partial charge >= 0.3 is 0 Å². The molecule has 6 aromatic rings. The number of rotatable bonds is 5. The smallest absolute Gasteiger partial charge is 0.266 e. The quantitative estimate of drug-likeness (QED) is 0.150.